The maximum Gasteiger partial charge on any atom is 0.376 e. The molecule has 2 N–H and O–H groups in total. The molecule has 11 heavy (non-hydrogen) atoms. The molecule has 0 radical (unpaired) electrons. The maximum absolute atomic E-state index is 10.4. The average molecular weight is 202 g/mol. The quantitative estimate of drug-likeness (QED) is 0.435. The van der Waals surface area contributed by atoms with Crippen molar-refractivity contribution in [1.82, 2.24) is 0 Å². The van der Waals surface area contributed by atoms with E-state index in [-0.39, 0.29) is 5.41 Å². The fraction of sp³-hybridized carbons (Fsp3) is 0.333. The van der Waals surface area contributed by atoms with Crippen molar-refractivity contribution in [1.29, 1.82) is 0 Å². The van der Waals surface area contributed by atoms with Crippen molar-refractivity contribution in [2.24, 2.45) is 0 Å². The third-order valence-corrected chi connectivity index (χ3v) is 3.87. The lowest BCUT2D eigenvalue weighted by Crippen LogP contribution is -2.10. The molecule has 0 amide bonds. The highest BCUT2D eigenvalue weighted by Crippen LogP contribution is 2.00. The predicted octanol–water partition coefficient (Wildman–Crippen LogP) is -1.29. The Morgan fingerprint density at radius 2 is 1.64 bits per heavy atom. The number of aliphatic hydroxyl groups is 1. The van der Waals surface area contributed by atoms with Crippen LogP contribution in [-0.2, 0) is 18.0 Å². The first-order chi connectivity index (χ1) is 4.81. The van der Waals surface area contributed by atoms with Gasteiger partial charge < -0.3 is 5.11 Å². The molecule has 0 aliphatic heterocycles. The number of rotatable bonds is 3. The van der Waals surface area contributed by atoms with E-state index >= 15 is 0 Å². The molecular formula is C3H6O6S2. The predicted molar refractivity (Wildman–Crippen MR) is 36.7 cm³/mol. The lowest BCUT2D eigenvalue weighted by molar-refractivity contribution is 0.343. The second kappa shape index (κ2) is 3.30. The minimum Gasteiger partial charge on any atom is -0.392 e. The largest absolute Gasteiger partial charge is 0.392 e. The Hall–Kier alpha value is -0.440. The topological polar surface area (TPSA) is 109 Å². The molecule has 0 aliphatic carbocycles. The average Bonchev–Trinajstić information content (AvgIpc) is 1.81. The van der Waals surface area contributed by atoms with Gasteiger partial charge in [0, 0.05) is 5.41 Å². The van der Waals surface area contributed by atoms with Crippen LogP contribution in [-0.4, -0.2) is 33.1 Å². The summed E-state index contributed by atoms with van der Waals surface area (Å²) < 4.78 is 48.8. The van der Waals surface area contributed by atoms with Crippen molar-refractivity contribution in [2.75, 3.05) is 6.61 Å². The van der Waals surface area contributed by atoms with Crippen LogP contribution in [0.3, 0.4) is 0 Å². The highest BCUT2D eigenvalue weighted by Gasteiger charge is 2.22. The summed E-state index contributed by atoms with van der Waals surface area (Å²) in [5.41, 5.74) is 0. The SMILES string of the molecule is O=S(=O)(O)S(=O)(=O)C=CCO. The molecule has 0 saturated heterocycles. The van der Waals surface area contributed by atoms with E-state index in [1.165, 1.54) is 0 Å². The summed E-state index contributed by atoms with van der Waals surface area (Å²) in [4.78, 5) is 0. The molecular weight excluding hydrogens is 196 g/mol. The zero-order valence-corrected chi connectivity index (χ0v) is 6.84. The fourth-order valence-electron chi connectivity index (χ4n) is 0.231. The number of hydrogen-bond donors (Lipinski definition) is 2. The lowest BCUT2D eigenvalue weighted by atomic mass is 10.7. The van der Waals surface area contributed by atoms with Crippen LogP contribution < -0.4 is 0 Å². The Kier molecular flexibility index (Phi) is 3.17. The van der Waals surface area contributed by atoms with Crippen molar-refractivity contribution in [3.8, 4) is 0 Å². The van der Waals surface area contributed by atoms with Gasteiger partial charge in [-0.2, -0.15) is 8.42 Å². The maximum atomic E-state index is 10.4. The summed E-state index contributed by atoms with van der Waals surface area (Å²) in [7, 11) is -9.77. The van der Waals surface area contributed by atoms with E-state index in [2.05, 4.69) is 0 Å². The van der Waals surface area contributed by atoms with Crippen molar-refractivity contribution >= 4 is 18.0 Å². The third-order valence-electron chi connectivity index (χ3n) is 0.662. The summed E-state index contributed by atoms with van der Waals surface area (Å²) in [6.07, 6.45) is 0.684. The first-order valence-electron chi connectivity index (χ1n) is 2.31. The molecule has 0 fully saturated rings. The molecule has 0 aromatic carbocycles. The van der Waals surface area contributed by atoms with E-state index in [0.29, 0.717) is 6.08 Å². The van der Waals surface area contributed by atoms with Gasteiger partial charge in [-0.25, -0.2) is 8.42 Å². The minimum absolute atomic E-state index is 0.211. The van der Waals surface area contributed by atoms with Crippen molar-refractivity contribution < 1.29 is 26.5 Å². The first kappa shape index (κ1) is 10.6. The van der Waals surface area contributed by atoms with Gasteiger partial charge in [0.1, 0.15) is 0 Å². The van der Waals surface area contributed by atoms with Gasteiger partial charge in [-0.3, -0.25) is 4.55 Å². The molecule has 0 spiro atoms. The molecule has 6 nitrogen and oxygen atoms in total. The molecule has 0 aromatic rings. The van der Waals surface area contributed by atoms with Crippen molar-refractivity contribution in [3.63, 3.8) is 0 Å². The van der Waals surface area contributed by atoms with E-state index in [0.717, 1.165) is 0 Å². The Labute approximate surface area is 63.2 Å². The molecule has 8 heteroatoms. The fourth-order valence-corrected chi connectivity index (χ4v) is 1.35. The van der Waals surface area contributed by atoms with Gasteiger partial charge in [0.2, 0.25) is 0 Å². The summed E-state index contributed by atoms with van der Waals surface area (Å²) in [6.45, 7) is -0.616. The Morgan fingerprint density at radius 1 is 1.18 bits per heavy atom. The molecule has 0 atom stereocenters. The smallest absolute Gasteiger partial charge is 0.376 e. The Balaban J connectivity index is 4.96. The molecule has 0 rings (SSSR count). The van der Waals surface area contributed by atoms with Crippen LogP contribution in [0.5, 0.6) is 0 Å². The monoisotopic (exact) mass is 202 g/mol. The molecule has 0 saturated carbocycles. The summed E-state index contributed by atoms with van der Waals surface area (Å²) >= 11 is 0. The molecule has 0 heterocycles. The standard InChI is InChI=1S/C3H6O6S2/c4-2-1-3-10(5,6)11(7,8)9/h1,3-4H,2H2,(H,7,8,9). The summed E-state index contributed by atoms with van der Waals surface area (Å²) in [5.74, 6) is 0. The van der Waals surface area contributed by atoms with Gasteiger partial charge >= 0.3 is 9.15 Å². The number of hydrogen-bond acceptors (Lipinski definition) is 5. The molecule has 0 aliphatic rings. The van der Waals surface area contributed by atoms with Gasteiger partial charge in [0.25, 0.3) is 8.87 Å². The molecule has 0 bridgehead atoms. The van der Waals surface area contributed by atoms with Gasteiger partial charge in [-0.05, 0) is 6.08 Å². The molecule has 0 aromatic heterocycles. The van der Waals surface area contributed by atoms with Crippen LogP contribution >= 0.6 is 0 Å². The normalized spacial score (nSPS) is 14.0. The number of aliphatic hydroxyl groups excluding tert-OH is 1. The summed E-state index contributed by atoms with van der Waals surface area (Å²) in [6, 6.07) is 0. The Bertz CT molecular complexity index is 332. The second-order valence-corrected chi connectivity index (χ2v) is 6.25. The minimum atomic E-state index is -5.10. The molecule has 66 valence electrons. The highest BCUT2D eigenvalue weighted by molar-refractivity contribution is 8.66. The van der Waals surface area contributed by atoms with Crippen LogP contribution in [0.15, 0.2) is 11.5 Å². The van der Waals surface area contributed by atoms with E-state index in [1.807, 2.05) is 0 Å². The van der Waals surface area contributed by atoms with Crippen LogP contribution in [0.25, 0.3) is 0 Å². The van der Waals surface area contributed by atoms with Gasteiger partial charge in [-0.15, -0.1) is 0 Å². The second-order valence-electron chi connectivity index (χ2n) is 1.47. The molecule has 0 unspecified atom stereocenters. The highest BCUT2D eigenvalue weighted by atomic mass is 33.2. The van der Waals surface area contributed by atoms with E-state index < -0.39 is 24.6 Å². The van der Waals surface area contributed by atoms with Crippen molar-refractivity contribution in [3.05, 3.63) is 11.5 Å². The van der Waals surface area contributed by atoms with Crippen LogP contribution in [0, 0.1) is 0 Å². The van der Waals surface area contributed by atoms with Crippen molar-refractivity contribution in [2.45, 2.75) is 0 Å². The van der Waals surface area contributed by atoms with Crippen LogP contribution in [0.2, 0.25) is 0 Å². The zero-order chi connectivity index (χ0) is 9.12. The van der Waals surface area contributed by atoms with E-state index in [1.54, 1.807) is 0 Å². The van der Waals surface area contributed by atoms with Crippen LogP contribution in [0.1, 0.15) is 0 Å². The lowest BCUT2D eigenvalue weighted by Gasteiger charge is -1.90. The summed E-state index contributed by atoms with van der Waals surface area (Å²) in [5, 5.41) is 8.28. The van der Waals surface area contributed by atoms with Gasteiger partial charge in [-0.1, -0.05) is 0 Å². The zero-order valence-electron chi connectivity index (χ0n) is 5.21. The van der Waals surface area contributed by atoms with Gasteiger partial charge in [0.15, 0.2) is 0 Å². The third kappa shape index (κ3) is 2.97. The van der Waals surface area contributed by atoms with E-state index in [9.17, 15) is 16.8 Å². The first-order valence-corrected chi connectivity index (χ1v) is 5.81. The van der Waals surface area contributed by atoms with Crippen LogP contribution in [0.4, 0.5) is 0 Å². The van der Waals surface area contributed by atoms with Gasteiger partial charge in [0.05, 0.1) is 6.61 Å². The van der Waals surface area contributed by atoms with E-state index in [4.69, 9.17) is 9.66 Å². The Morgan fingerprint density at radius 3 is 1.91 bits per heavy atom.